The van der Waals surface area contributed by atoms with Gasteiger partial charge in [-0.25, -0.2) is 18.7 Å². The molecular weight excluding hydrogens is 336 g/mol. The third kappa shape index (κ3) is 3.44. The molecular formula is C17H14ClF2N3O. The third-order valence-electron chi connectivity index (χ3n) is 3.54. The largest absolute Gasteiger partial charge is 0.387 e. The highest BCUT2D eigenvalue weighted by molar-refractivity contribution is 6.31. The van der Waals surface area contributed by atoms with Crippen LogP contribution in [0.2, 0.25) is 5.02 Å². The molecule has 24 heavy (non-hydrogen) atoms. The van der Waals surface area contributed by atoms with Crippen LogP contribution in [-0.2, 0) is 0 Å². The summed E-state index contributed by atoms with van der Waals surface area (Å²) in [6.07, 6.45) is -3.67. The quantitative estimate of drug-likeness (QED) is 0.718. The minimum absolute atomic E-state index is 0.0768. The molecule has 0 saturated carbocycles. The van der Waals surface area contributed by atoms with E-state index >= 15 is 0 Å². The number of aromatic nitrogens is 2. The van der Waals surface area contributed by atoms with Gasteiger partial charge >= 0.3 is 0 Å². The van der Waals surface area contributed by atoms with Crippen molar-refractivity contribution in [2.24, 2.45) is 0 Å². The van der Waals surface area contributed by atoms with E-state index in [-0.39, 0.29) is 12.4 Å². The van der Waals surface area contributed by atoms with Crippen LogP contribution in [0.5, 0.6) is 0 Å². The van der Waals surface area contributed by atoms with Crippen LogP contribution in [0.15, 0.2) is 48.5 Å². The lowest BCUT2D eigenvalue weighted by Crippen LogP contribution is -2.14. The van der Waals surface area contributed by atoms with Crippen LogP contribution in [0, 0.1) is 0 Å². The number of aliphatic hydroxyl groups is 1. The van der Waals surface area contributed by atoms with E-state index in [2.05, 4.69) is 15.3 Å². The van der Waals surface area contributed by atoms with E-state index in [9.17, 15) is 13.9 Å². The Kier molecular flexibility index (Phi) is 4.87. The van der Waals surface area contributed by atoms with Gasteiger partial charge in [0.15, 0.2) is 5.82 Å². The van der Waals surface area contributed by atoms with Crippen molar-refractivity contribution in [2.75, 3.05) is 11.9 Å². The average Bonchev–Trinajstić information content (AvgIpc) is 2.59. The monoisotopic (exact) mass is 349 g/mol. The second-order valence-corrected chi connectivity index (χ2v) is 5.57. The molecule has 0 radical (unpaired) electrons. The second kappa shape index (κ2) is 7.07. The van der Waals surface area contributed by atoms with Gasteiger partial charge in [0.05, 0.1) is 11.6 Å². The molecule has 0 aliphatic rings. The van der Waals surface area contributed by atoms with Crippen molar-refractivity contribution in [2.45, 2.75) is 12.5 Å². The molecule has 3 aromatic rings. The standard InChI is InChI=1S/C17H14ClF2N3O/c18-12-7-3-1-5-10(12)14(24)9-21-16-11-6-2-4-8-13(11)22-17(23-16)15(19)20/h1-8,14-15,24H,9H2,(H,21,22,23). The molecule has 0 bridgehead atoms. The lowest BCUT2D eigenvalue weighted by molar-refractivity contribution is 0.141. The summed E-state index contributed by atoms with van der Waals surface area (Å²) in [5.74, 6) is -0.301. The maximum atomic E-state index is 13.0. The summed E-state index contributed by atoms with van der Waals surface area (Å²) < 4.78 is 25.9. The zero-order chi connectivity index (χ0) is 17.1. The number of aliphatic hydroxyl groups excluding tert-OH is 1. The highest BCUT2D eigenvalue weighted by Gasteiger charge is 2.16. The van der Waals surface area contributed by atoms with Gasteiger partial charge in [-0.2, -0.15) is 0 Å². The summed E-state index contributed by atoms with van der Waals surface area (Å²) in [7, 11) is 0. The molecule has 1 unspecified atom stereocenters. The summed E-state index contributed by atoms with van der Waals surface area (Å²) in [5.41, 5.74) is 0.969. The Morgan fingerprint density at radius 3 is 2.50 bits per heavy atom. The topological polar surface area (TPSA) is 58.0 Å². The Balaban J connectivity index is 1.88. The van der Waals surface area contributed by atoms with E-state index in [0.29, 0.717) is 21.5 Å². The molecule has 0 saturated heterocycles. The Bertz CT molecular complexity index is 860. The molecule has 1 heterocycles. The van der Waals surface area contributed by atoms with Crippen LogP contribution in [0.4, 0.5) is 14.6 Å². The molecule has 0 spiro atoms. The Morgan fingerprint density at radius 1 is 1.04 bits per heavy atom. The van der Waals surface area contributed by atoms with Crippen LogP contribution in [0.1, 0.15) is 23.9 Å². The molecule has 0 aliphatic heterocycles. The van der Waals surface area contributed by atoms with E-state index in [4.69, 9.17) is 11.6 Å². The van der Waals surface area contributed by atoms with Crippen molar-refractivity contribution >= 4 is 28.3 Å². The maximum absolute atomic E-state index is 13.0. The minimum atomic E-state index is -2.77. The number of rotatable bonds is 5. The van der Waals surface area contributed by atoms with E-state index in [1.165, 1.54) is 0 Å². The van der Waals surface area contributed by atoms with Crippen LogP contribution < -0.4 is 5.32 Å². The predicted octanol–water partition coefficient (Wildman–Crippen LogP) is 4.37. The summed E-state index contributed by atoms with van der Waals surface area (Å²) in [6, 6.07) is 13.8. The first-order valence-electron chi connectivity index (χ1n) is 7.27. The van der Waals surface area contributed by atoms with Crippen LogP contribution in [0.25, 0.3) is 10.9 Å². The number of nitrogens with zero attached hydrogens (tertiary/aromatic N) is 2. The summed E-state index contributed by atoms with van der Waals surface area (Å²) >= 11 is 6.05. The summed E-state index contributed by atoms with van der Waals surface area (Å²) in [4.78, 5) is 7.72. The van der Waals surface area contributed by atoms with Crippen LogP contribution in [0.3, 0.4) is 0 Å². The van der Waals surface area contributed by atoms with Crippen molar-refractivity contribution in [3.63, 3.8) is 0 Å². The molecule has 2 aromatic carbocycles. The first kappa shape index (κ1) is 16.5. The molecule has 2 N–H and O–H groups in total. The van der Waals surface area contributed by atoms with Gasteiger partial charge in [0.25, 0.3) is 6.43 Å². The first-order valence-corrected chi connectivity index (χ1v) is 7.65. The first-order chi connectivity index (χ1) is 11.6. The Labute approximate surface area is 142 Å². The van der Waals surface area contributed by atoms with Gasteiger partial charge in [0.2, 0.25) is 0 Å². The zero-order valence-electron chi connectivity index (χ0n) is 12.5. The number of hydrogen-bond donors (Lipinski definition) is 2. The van der Waals surface area contributed by atoms with Crippen molar-refractivity contribution in [1.29, 1.82) is 0 Å². The summed E-state index contributed by atoms with van der Waals surface area (Å²) in [5, 5.41) is 14.2. The average molecular weight is 350 g/mol. The van der Waals surface area contributed by atoms with Gasteiger partial charge in [0.1, 0.15) is 5.82 Å². The zero-order valence-corrected chi connectivity index (χ0v) is 13.2. The van der Waals surface area contributed by atoms with Crippen molar-refractivity contribution < 1.29 is 13.9 Å². The normalized spacial score (nSPS) is 12.5. The number of hydrogen-bond acceptors (Lipinski definition) is 4. The predicted molar refractivity (Wildman–Crippen MR) is 89.4 cm³/mol. The van der Waals surface area contributed by atoms with E-state index in [0.717, 1.165) is 0 Å². The number of alkyl halides is 2. The number of fused-ring (bicyclic) bond motifs is 1. The molecule has 4 nitrogen and oxygen atoms in total. The van der Waals surface area contributed by atoms with Crippen LogP contribution in [-0.4, -0.2) is 21.6 Å². The van der Waals surface area contributed by atoms with Crippen molar-refractivity contribution in [3.05, 3.63) is 64.9 Å². The Morgan fingerprint density at radius 2 is 1.75 bits per heavy atom. The molecule has 1 aromatic heterocycles. The third-order valence-corrected chi connectivity index (χ3v) is 3.89. The van der Waals surface area contributed by atoms with Gasteiger partial charge in [-0.3, -0.25) is 0 Å². The molecule has 124 valence electrons. The number of benzene rings is 2. The molecule has 7 heteroatoms. The maximum Gasteiger partial charge on any atom is 0.297 e. The van der Waals surface area contributed by atoms with E-state index in [1.54, 1.807) is 48.5 Å². The fourth-order valence-corrected chi connectivity index (χ4v) is 2.64. The second-order valence-electron chi connectivity index (χ2n) is 5.17. The molecule has 0 fully saturated rings. The minimum Gasteiger partial charge on any atom is -0.387 e. The van der Waals surface area contributed by atoms with E-state index in [1.807, 2.05) is 0 Å². The lowest BCUT2D eigenvalue weighted by Gasteiger charge is -2.15. The number of anilines is 1. The van der Waals surface area contributed by atoms with Crippen LogP contribution >= 0.6 is 11.6 Å². The smallest absolute Gasteiger partial charge is 0.297 e. The fraction of sp³-hybridized carbons (Fsp3) is 0.176. The van der Waals surface area contributed by atoms with Gasteiger partial charge in [-0.1, -0.05) is 41.9 Å². The Hall–Kier alpha value is -2.31. The van der Waals surface area contributed by atoms with Gasteiger partial charge < -0.3 is 10.4 Å². The van der Waals surface area contributed by atoms with Gasteiger partial charge in [-0.05, 0) is 18.2 Å². The molecule has 1 atom stereocenters. The molecule has 3 rings (SSSR count). The number of para-hydroxylation sites is 1. The highest BCUT2D eigenvalue weighted by atomic mass is 35.5. The van der Waals surface area contributed by atoms with Gasteiger partial charge in [0, 0.05) is 22.5 Å². The summed E-state index contributed by atoms with van der Waals surface area (Å²) in [6.45, 7) is 0.0768. The SMILES string of the molecule is OC(CNc1nc(C(F)F)nc2ccccc12)c1ccccc1Cl. The lowest BCUT2D eigenvalue weighted by atomic mass is 10.1. The fourth-order valence-electron chi connectivity index (χ4n) is 2.38. The van der Waals surface area contributed by atoms with Crippen molar-refractivity contribution in [3.8, 4) is 0 Å². The number of nitrogens with one attached hydrogen (secondary N) is 1. The highest BCUT2D eigenvalue weighted by Crippen LogP contribution is 2.26. The van der Waals surface area contributed by atoms with Crippen molar-refractivity contribution in [1.82, 2.24) is 9.97 Å². The number of halogens is 3. The molecule has 0 amide bonds. The van der Waals surface area contributed by atoms with E-state index < -0.39 is 18.4 Å². The molecule has 0 aliphatic carbocycles. The van der Waals surface area contributed by atoms with Gasteiger partial charge in [-0.15, -0.1) is 0 Å².